The molecule has 158 valence electrons. The van der Waals surface area contributed by atoms with Crippen molar-refractivity contribution in [3.05, 3.63) is 53.3 Å². The number of aliphatic imine (C=N–C) groups is 2. The number of aliphatic hydroxyl groups is 1. The van der Waals surface area contributed by atoms with E-state index in [0.717, 1.165) is 11.4 Å². The van der Waals surface area contributed by atoms with E-state index in [-0.39, 0.29) is 42.5 Å². The molecule has 1 aromatic carbocycles. The quantitative estimate of drug-likeness (QED) is 0.481. The topological polar surface area (TPSA) is 153 Å². The SMILES string of the molecule is Cc1cc(C)nc(N=C2N=NC(c3ccccc3Nc3cc(O)n(CCO)c3O)=N2)n1. The standard InChI is InChI=1S/C20H20N8O3/c1-11-9-12(2)22-19(21-11)25-20-24-17(26-27-20)13-5-3-4-6-14(13)23-15-10-16(30)28(7-8-29)18(15)31/h3-6,9-10,23,29-31H,7-8H2,1-2H3. The molecule has 1 aliphatic heterocycles. The molecular weight excluding hydrogens is 400 g/mol. The van der Waals surface area contributed by atoms with Crippen molar-refractivity contribution in [2.75, 3.05) is 11.9 Å². The first kappa shape index (κ1) is 20.2. The van der Waals surface area contributed by atoms with E-state index in [1.54, 1.807) is 18.2 Å². The molecule has 0 saturated heterocycles. The molecule has 3 aromatic rings. The molecule has 0 fully saturated rings. The highest BCUT2D eigenvalue weighted by Gasteiger charge is 2.19. The predicted octanol–water partition coefficient (Wildman–Crippen LogP) is 2.94. The lowest BCUT2D eigenvalue weighted by Gasteiger charge is -2.10. The molecule has 2 aromatic heterocycles. The Morgan fingerprint density at radius 1 is 1.00 bits per heavy atom. The van der Waals surface area contributed by atoms with Crippen molar-refractivity contribution >= 4 is 29.1 Å². The lowest BCUT2D eigenvalue weighted by molar-refractivity contribution is 0.256. The minimum Gasteiger partial charge on any atom is -0.494 e. The van der Waals surface area contributed by atoms with Crippen molar-refractivity contribution in [1.82, 2.24) is 14.5 Å². The van der Waals surface area contributed by atoms with E-state index in [2.05, 4.69) is 35.5 Å². The summed E-state index contributed by atoms with van der Waals surface area (Å²) in [4.78, 5) is 17.1. The molecule has 0 bridgehead atoms. The Morgan fingerprint density at radius 3 is 2.48 bits per heavy atom. The van der Waals surface area contributed by atoms with Gasteiger partial charge in [-0.2, -0.15) is 9.98 Å². The summed E-state index contributed by atoms with van der Waals surface area (Å²) in [5.41, 5.74) is 3.05. The normalized spacial score (nSPS) is 14.3. The fourth-order valence-electron chi connectivity index (χ4n) is 3.11. The first-order valence-corrected chi connectivity index (χ1v) is 9.45. The Bertz CT molecular complexity index is 1210. The second-order valence-electron chi connectivity index (χ2n) is 6.78. The maximum absolute atomic E-state index is 10.3. The van der Waals surface area contributed by atoms with Crippen LogP contribution in [0.15, 0.2) is 56.6 Å². The highest BCUT2D eigenvalue weighted by Crippen LogP contribution is 2.35. The van der Waals surface area contributed by atoms with Gasteiger partial charge in [0.15, 0.2) is 11.7 Å². The third-order valence-electron chi connectivity index (χ3n) is 4.42. The van der Waals surface area contributed by atoms with Gasteiger partial charge in [0, 0.05) is 28.7 Å². The van der Waals surface area contributed by atoms with Crippen LogP contribution in [0.25, 0.3) is 0 Å². The maximum atomic E-state index is 10.3. The smallest absolute Gasteiger partial charge is 0.274 e. The zero-order valence-corrected chi connectivity index (χ0v) is 16.9. The number of benzene rings is 1. The van der Waals surface area contributed by atoms with Crippen LogP contribution in [0.2, 0.25) is 0 Å². The van der Waals surface area contributed by atoms with Crippen molar-refractivity contribution in [2.45, 2.75) is 20.4 Å². The fraction of sp³-hybridized carbons (Fsp3) is 0.200. The molecule has 0 unspecified atom stereocenters. The summed E-state index contributed by atoms with van der Waals surface area (Å²) in [7, 11) is 0. The van der Waals surface area contributed by atoms with Crippen LogP contribution in [0.3, 0.4) is 0 Å². The van der Waals surface area contributed by atoms with E-state index in [0.29, 0.717) is 17.1 Å². The van der Waals surface area contributed by atoms with Gasteiger partial charge in [-0.3, -0.25) is 4.57 Å². The van der Waals surface area contributed by atoms with Crippen LogP contribution in [0.5, 0.6) is 11.8 Å². The molecule has 0 aliphatic carbocycles. The van der Waals surface area contributed by atoms with Crippen LogP contribution >= 0.6 is 0 Å². The minimum atomic E-state index is -0.227. The van der Waals surface area contributed by atoms with Crippen LogP contribution in [-0.2, 0) is 6.54 Å². The van der Waals surface area contributed by atoms with Gasteiger partial charge in [0.25, 0.3) is 11.9 Å². The number of para-hydroxylation sites is 1. The Kier molecular flexibility index (Phi) is 5.41. The molecule has 1 aliphatic rings. The lowest BCUT2D eigenvalue weighted by Crippen LogP contribution is -2.03. The highest BCUT2D eigenvalue weighted by molar-refractivity contribution is 6.12. The maximum Gasteiger partial charge on any atom is 0.274 e. The number of hydrogen-bond acceptors (Lipinski definition) is 8. The Labute approximate surface area is 177 Å². The van der Waals surface area contributed by atoms with Crippen molar-refractivity contribution in [1.29, 1.82) is 0 Å². The van der Waals surface area contributed by atoms with E-state index in [1.807, 2.05) is 26.0 Å². The van der Waals surface area contributed by atoms with Gasteiger partial charge in [0.05, 0.1) is 13.2 Å². The van der Waals surface area contributed by atoms with Gasteiger partial charge in [0.2, 0.25) is 5.88 Å². The third kappa shape index (κ3) is 4.26. The van der Waals surface area contributed by atoms with Crippen molar-refractivity contribution in [3.63, 3.8) is 0 Å². The molecule has 11 heteroatoms. The average molecular weight is 420 g/mol. The monoisotopic (exact) mass is 420 g/mol. The number of nitrogens with one attached hydrogen (secondary N) is 1. The van der Waals surface area contributed by atoms with Gasteiger partial charge in [-0.1, -0.05) is 12.1 Å². The molecule has 0 spiro atoms. The van der Waals surface area contributed by atoms with Crippen molar-refractivity contribution in [3.8, 4) is 11.8 Å². The van der Waals surface area contributed by atoms with E-state index in [9.17, 15) is 10.2 Å². The summed E-state index contributed by atoms with van der Waals surface area (Å²) in [5, 5.41) is 40.6. The summed E-state index contributed by atoms with van der Waals surface area (Å²) in [6.45, 7) is 3.54. The van der Waals surface area contributed by atoms with Gasteiger partial charge in [-0.15, -0.1) is 10.2 Å². The number of anilines is 2. The molecule has 4 N–H and O–H groups in total. The van der Waals surface area contributed by atoms with Gasteiger partial charge >= 0.3 is 0 Å². The molecular formula is C20H20N8O3. The highest BCUT2D eigenvalue weighted by atomic mass is 16.3. The molecule has 0 saturated carbocycles. The largest absolute Gasteiger partial charge is 0.494 e. The second-order valence-corrected chi connectivity index (χ2v) is 6.78. The summed E-state index contributed by atoms with van der Waals surface area (Å²) in [5.74, 6) is 0.334. The summed E-state index contributed by atoms with van der Waals surface area (Å²) < 4.78 is 1.19. The number of guanidine groups is 1. The van der Waals surface area contributed by atoms with Crippen molar-refractivity contribution in [2.24, 2.45) is 20.2 Å². The molecule has 3 heterocycles. The van der Waals surface area contributed by atoms with E-state index in [4.69, 9.17) is 5.11 Å². The van der Waals surface area contributed by atoms with Crippen LogP contribution in [0.4, 0.5) is 17.3 Å². The van der Waals surface area contributed by atoms with E-state index in [1.165, 1.54) is 10.6 Å². The number of nitrogens with zero attached hydrogens (tertiary/aromatic N) is 7. The Balaban J connectivity index is 1.64. The van der Waals surface area contributed by atoms with E-state index >= 15 is 0 Å². The third-order valence-corrected chi connectivity index (χ3v) is 4.42. The summed E-state index contributed by atoms with van der Waals surface area (Å²) in [6, 6.07) is 10.4. The molecule has 0 amide bonds. The minimum absolute atomic E-state index is 0.0578. The number of aliphatic hydroxyl groups excluding tert-OH is 1. The fourth-order valence-corrected chi connectivity index (χ4v) is 3.11. The number of amidine groups is 1. The predicted molar refractivity (Wildman–Crippen MR) is 115 cm³/mol. The second kappa shape index (κ2) is 8.32. The van der Waals surface area contributed by atoms with Crippen LogP contribution < -0.4 is 5.32 Å². The molecule has 31 heavy (non-hydrogen) atoms. The number of hydrogen-bond donors (Lipinski definition) is 4. The zero-order chi connectivity index (χ0) is 22.0. The molecule has 0 radical (unpaired) electrons. The molecule has 4 rings (SSSR count). The Hall–Kier alpha value is -4.12. The van der Waals surface area contributed by atoms with Crippen molar-refractivity contribution < 1.29 is 15.3 Å². The number of aromatic nitrogens is 3. The Morgan fingerprint density at radius 2 is 1.74 bits per heavy atom. The first-order valence-electron chi connectivity index (χ1n) is 9.45. The first-order chi connectivity index (χ1) is 14.9. The van der Waals surface area contributed by atoms with Gasteiger partial charge in [-0.05, 0) is 32.0 Å². The van der Waals surface area contributed by atoms with Crippen LogP contribution in [-0.4, -0.2) is 48.3 Å². The number of azo groups is 1. The number of rotatable bonds is 6. The average Bonchev–Trinajstić information content (AvgIpc) is 3.28. The number of aryl methyl sites for hydroxylation is 2. The van der Waals surface area contributed by atoms with Crippen LogP contribution in [0.1, 0.15) is 17.0 Å². The van der Waals surface area contributed by atoms with Crippen LogP contribution in [0, 0.1) is 13.8 Å². The number of aromatic hydroxyl groups is 2. The van der Waals surface area contributed by atoms with Gasteiger partial charge in [0.1, 0.15) is 5.69 Å². The molecule has 11 nitrogen and oxygen atoms in total. The zero-order valence-electron chi connectivity index (χ0n) is 16.9. The van der Waals surface area contributed by atoms with Gasteiger partial charge in [-0.25, -0.2) is 9.97 Å². The molecule has 0 atom stereocenters. The lowest BCUT2D eigenvalue weighted by atomic mass is 10.1. The summed E-state index contributed by atoms with van der Waals surface area (Å²) in [6.07, 6.45) is 0. The summed E-state index contributed by atoms with van der Waals surface area (Å²) >= 11 is 0. The van der Waals surface area contributed by atoms with E-state index < -0.39 is 0 Å². The van der Waals surface area contributed by atoms with Gasteiger partial charge < -0.3 is 20.6 Å².